The van der Waals surface area contributed by atoms with Crippen molar-refractivity contribution in [1.29, 1.82) is 0 Å². The van der Waals surface area contributed by atoms with Gasteiger partial charge in [0.25, 0.3) is 5.91 Å². The number of para-hydroxylation sites is 1. The second kappa shape index (κ2) is 6.78. The van der Waals surface area contributed by atoms with Crippen molar-refractivity contribution in [3.63, 3.8) is 0 Å². The molecule has 0 fully saturated rings. The molecule has 0 bridgehead atoms. The molecule has 0 atom stereocenters. The van der Waals surface area contributed by atoms with E-state index in [4.69, 9.17) is 27.9 Å². The molecule has 0 aliphatic rings. The number of carbonyl (C=O) groups excluding carboxylic acids is 1. The summed E-state index contributed by atoms with van der Waals surface area (Å²) in [6, 6.07) is 8.81. The van der Waals surface area contributed by atoms with Crippen molar-refractivity contribution >= 4 is 44.6 Å². The van der Waals surface area contributed by atoms with Gasteiger partial charge in [0.05, 0.1) is 33.3 Å². The van der Waals surface area contributed by atoms with E-state index in [9.17, 15) is 13.2 Å². The molecule has 0 aromatic heterocycles. The molecule has 0 aliphatic carbocycles. The SMILES string of the molecule is COc1c(Cl)cccc1NC(=O)c1cc(S(C)(=O)=O)ccc1Cl. The van der Waals surface area contributed by atoms with E-state index in [0.29, 0.717) is 16.5 Å². The molecule has 5 nitrogen and oxygen atoms in total. The Bertz CT molecular complexity index is 866. The van der Waals surface area contributed by atoms with E-state index in [1.165, 1.54) is 25.3 Å². The number of anilines is 1. The van der Waals surface area contributed by atoms with Crippen LogP contribution >= 0.6 is 23.2 Å². The van der Waals surface area contributed by atoms with Crippen molar-refractivity contribution in [3.8, 4) is 5.75 Å². The minimum Gasteiger partial charge on any atom is -0.493 e. The summed E-state index contributed by atoms with van der Waals surface area (Å²) >= 11 is 12.0. The number of sulfone groups is 1. The first kappa shape index (κ1) is 17.6. The van der Waals surface area contributed by atoms with Crippen molar-refractivity contribution in [2.75, 3.05) is 18.7 Å². The lowest BCUT2D eigenvalue weighted by molar-refractivity contribution is 0.102. The fourth-order valence-electron chi connectivity index (χ4n) is 1.91. The number of carbonyl (C=O) groups is 1. The lowest BCUT2D eigenvalue weighted by Crippen LogP contribution is -2.14. The van der Waals surface area contributed by atoms with Crippen LogP contribution in [0, 0.1) is 0 Å². The molecule has 2 rings (SSSR count). The van der Waals surface area contributed by atoms with Crippen molar-refractivity contribution < 1.29 is 17.9 Å². The van der Waals surface area contributed by atoms with Crippen LogP contribution < -0.4 is 10.1 Å². The number of hydrogen-bond acceptors (Lipinski definition) is 4. The van der Waals surface area contributed by atoms with Gasteiger partial charge in [0.15, 0.2) is 15.6 Å². The van der Waals surface area contributed by atoms with Gasteiger partial charge in [-0.2, -0.15) is 0 Å². The first-order valence-electron chi connectivity index (χ1n) is 6.37. The van der Waals surface area contributed by atoms with E-state index in [0.717, 1.165) is 6.26 Å². The molecule has 0 unspecified atom stereocenters. The van der Waals surface area contributed by atoms with Gasteiger partial charge in [0.2, 0.25) is 0 Å². The molecule has 23 heavy (non-hydrogen) atoms. The summed E-state index contributed by atoms with van der Waals surface area (Å²) in [5.74, 6) is -0.265. The first-order valence-corrected chi connectivity index (χ1v) is 9.02. The normalized spacial score (nSPS) is 11.1. The third-order valence-corrected chi connectivity index (χ3v) is 4.77. The highest BCUT2D eigenvalue weighted by molar-refractivity contribution is 7.90. The molecule has 2 aromatic rings. The zero-order valence-electron chi connectivity index (χ0n) is 12.3. The fraction of sp³-hybridized carbons (Fsp3) is 0.133. The van der Waals surface area contributed by atoms with Crippen LogP contribution in [0.15, 0.2) is 41.3 Å². The predicted octanol–water partition coefficient (Wildman–Crippen LogP) is 3.66. The molecule has 1 amide bonds. The fourth-order valence-corrected chi connectivity index (χ4v) is 3.02. The maximum atomic E-state index is 12.4. The van der Waals surface area contributed by atoms with Gasteiger partial charge >= 0.3 is 0 Å². The molecule has 0 aliphatic heterocycles. The predicted molar refractivity (Wildman–Crippen MR) is 90.5 cm³/mol. The minimum atomic E-state index is -3.45. The lowest BCUT2D eigenvalue weighted by atomic mass is 10.2. The highest BCUT2D eigenvalue weighted by Gasteiger charge is 2.17. The topological polar surface area (TPSA) is 72.5 Å². The van der Waals surface area contributed by atoms with Crippen LogP contribution in [0.2, 0.25) is 10.0 Å². The zero-order chi connectivity index (χ0) is 17.2. The Morgan fingerprint density at radius 1 is 1.13 bits per heavy atom. The monoisotopic (exact) mass is 373 g/mol. The summed E-state index contributed by atoms with van der Waals surface area (Å²) in [4.78, 5) is 12.4. The van der Waals surface area contributed by atoms with Crippen LogP contribution in [0.3, 0.4) is 0 Å². The van der Waals surface area contributed by atoms with Gasteiger partial charge in [0, 0.05) is 6.26 Å². The Labute approximate surface area is 144 Å². The molecular formula is C15H13Cl2NO4S. The van der Waals surface area contributed by atoms with Gasteiger partial charge in [0.1, 0.15) is 0 Å². The molecule has 0 spiro atoms. The van der Waals surface area contributed by atoms with Crippen LogP contribution in [0.25, 0.3) is 0 Å². The van der Waals surface area contributed by atoms with Gasteiger partial charge in [-0.15, -0.1) is 0 Å². The third-order valence-electron chi connectivity index (χ3n) is 3.03. The van der Waals surface area contributed by atoms with E-state index in [-0.39, 0.29) is 15.5 Å². The Morgan fingerprint density at radius 3 is 2.43 bits per heavy atom. The van der Waals surface area contributed by atoms with Gasteiger partial charge in [-0.05, 0) is 30.3 Å². The maximum absolute atomic E-state index is 12.4. The van der Waals surface area contributed by atoms with E-state index in [1.54, 1.807) is 18.2 Å². The molecule has 0 radical (unpaired) electrons. The molecular weight excluding hydrogens is 361 g/mol. The van der Waals surface area contributed by atoms with Crippen molar-refractivity contribution in [3.05, 3.63) is 52.0 Å². The Balaban J connectivity index is 2.41. The first-order chi connectivity index (χ1) is 10.7. The van der Waals surface area contributed by atoms with E-state index >= 15 is 0 Å². The van der Waals surface area contributed by atoms with Crippen LogP contribution in [0.5, 0.6) is 5.75 Å². The summed E-state index contributed by atoms with van der Waals surface area (Å²) in [5, 5.41) is 3.08. The van der Waals surface area contributed by atoms with E-state index in [1.807, 2.05) is 0 Å². The number of halogens is 2. The molecule has 0 saturated heterocycles. The maximum Gasteiger partial charge on any atom is 0.257 e. The van der Waals surface area contributed by atoms with Crippen molar-refractivity contribution in [2.24, 2.45) is 0 Å². The molecule has 8 heteroatoms. The van der Waals surface area contributed by atoms with Crippen LogP contribution in [0.4, 0.5) is 5.69 Å². The highest BCUT2D eigenvalue weighted by Crippen LogP contribution is 2.33. The van der Waals surface area contributed by atoms with Crippen LogP contribution in [0.1, 0.15) is 10.4 Å². The standard InChI is InChI=1S/C15H13Cl2NO4S/c1-22-14-12(17)4-3-5-13(14)18-15(19)10-8-9(23(2,20)21)6-7-11(10)16/h3-8H,1-2H3,(H,18,19). The molecule has 1 N–H and O–H groups in total. The Morgan fingerprint density at radius 2 is 1.83 bits per heavy atom. The number of ether oxygens (including phenoxy) is 1. The summed E-state index contributed by atoms with van der Waals surface area (Å²) in [7, 11) is -2.03. The van der Waals surface area contributed by atoms with Gasteiger partial charge in [-0.25, -0.2) is 8.42 Å². The summed E-state index contributed by atoms with van der Waals surface area (Å²) < 4.78 is 28.4. The summed E-state index contributed by atoms with van der Waals surface area (Å²) in [6.07, 6.45) is 1.05. The molecule has 0 saturated carbocycles. The average molecular weight is 374 g/mol. The number of methoxy groups -OCH3 is 1. The quantitative estimate of drug-likeness (QED) is 0.887. The average Bonchev–Trinajstić information content (AvgIpc) is 2.46. The van der Waals surface area contributed by atoms with Crippen molar-refractivity contribution in [2.45, 2.75) is 4.90 Å². The zero-order valence-corrected chi connectivity index (χ0v) is 14.6. The highest BCUT2D eigenvalue weighted by atomic mass is 35.5. The summed E-state index contributed by atoms with van der Waals surface area (Å²) in [5.41, 5.74) is 0.391. The van der Waals surface area contributed by atoms with Gasteiger partial charge in [-0.3, -0.25) is 4.79 Å². The van der Waals surface area contributed by atoms with E-state index < -0.39 is 15.7 Å². The van der Waals surface area contributed by atoms with Crippen LogP contribution in [-0.2, 0) is 9.84 Å². The van der Waals surface area contributed by atoms with Crippen molar-refractivity contribution in [1.82, 2.24) is 0 Å². The lowest BCUT2D eigenvalue weighted by Gasteiger charge is -2.12. The second-order valence-corrected chi connectivity index (χ2v) is 7.52. The molecule has 0 heterocycles. The largest absolute Gasteiger partial charge is 0.493 e. The van der Waals surface area contributed by atoms with E-state index in [2.05, 4.69) is 5.32 Å². The number of benzene rings is 2. The number of rotatable bonds is 4. The Hall–Kier alpha value is -1.76. The van der Waals surface area contributed by atoms with Gasteiger partial charge in [-0.1, -0.05) is 29.3 Å². The smallest absolute Gasteiger partial charge is 0.257 e. The van der Waals surface area contributed by atoms with Gasteiger partial charge < -0.3 is 10.1 Å². The molecule has 2 aromatic carbocycles. The summed E-state index contributed by atoms with van der Waals surface area (Å²) in [6.45, 7) is 0. The number of nitrogens with one attached hydrogen (secondary N) is 1. The number of hydrogen-bond donors (Lipinski definition) is 1. The second-order valence-electron chi connectivity index (χ2n) is 4.69. The molecule has 122 valence electrons. The van der Waals surface area contributed by atoms with Crippen LogP contribution in [-0.4, -0.2) is 27.7 Å². The third kappa shape index (κ3) is 3.96. The Kier molecular flexibility index (Phi) is 5.19. The minimum absolute atomic E-state index is 0.00473. The number of amides is 1.